The molecule has 7 nitrogen and oxygen atoms in total. The molecule has 0 N–H and O–H groups in total. The summed E-state index contributed by atoms with van der Waals surface area (Å²) in [6.07, 6.45) is 7.54. The molecule has 4 heterocycles. The van der Waals surface area contributed by atoms with Gasteiger partial charge in [-0.05, 0) is 45.4 Å². The molecule has 1 aromatic rings. The Bertz CT molecular complexity index is 711. The number of rotatable bonds is 2. The second-order valence-corrected chi connectivity index (χ2v) is 8.31. The van der Waals surface area contributed by atoms with Crippen LogP contribution in [0, 0.1) is 12.3 Å². The maximum atomic E-state index is 13.6. The number of amides is 2. The van der Waals surface area contributed by atoms with Crippen molar-refractivity contribution in [3.05, 3.63) is 17.5 Å². The predicted octanol–water partition coefficient (Wildman–Crippen LogP) is 1.75. The topological polar surface area (TPSA) is 67.7 Å². The lowest BCUT2D eigenvalue weighted by Gasteiger charge is -2.51. The zero-order chi connectivity index (χ0) is 19.0. The van der Waals surface area contributed by atoms with Gasteiger partial charge in [0.05, 0.1) is 11.3 Å². The number of nitrogens with zero attached hydrogens (tertiary/aromatic N) is 4. The van der Waals surface area contributed by atoms with E-state index in [9.17, 15) is 9.59 Å². The van der Waals surface area contributed by atoms with Crippen molar-refractivity contribution in [2.24, 2.45) is 12.5 Å². The minimum Gasteiger partial charge on any atom is -0.381 e. The van der Waals surface area contributed by atoms with Gasteiger partial charge in [-0.15, -0.1) is 0 Å². The van der Waals surface area contributed by atoms with E-state index in [1.807, 2.05) is 23.8 Å². The number of aryl methyl sites for hydroxylation is 2. The van der Waals surface area contributed by atoms with E-state index in [0.29, 0.717) is 25.3 Å². The summed E-state index contributed by atoms with van der Waals surface area (Å²) >= 11 is 0. The van der Waals surface area contributed by atoms with Gasteiger partial charge >= 0.3 is 0 Å². The molecule has 4 rings (SSSR count). The van der Waals surface area contributed by atoms with Crippen molar-refractivity contribution >= 4 is 11.8 Å². The SMILES string of the molecule is Cc1nn(C)cc1C(=O)N1CCCC2(CCOCC2)C1C(=O)N1CCCC1. The van der Waals surface area contributed by atoms with Gasteiger partial charge in [0.25, 0.3) is 5.91 Å². The molecule has 0 aliphatic carbocycles. The highest BCUT2D eigenvalue weighted by atomic mass is 16.5. The fraction of sp³-hybridized carbons (Fsp3) is 0.750. The molecule has 1 unspecified atom stereocenters. The van der Waals surface area contributed by atoms with Crippen LogP contribution in [0.4, 0.5) is 0 Å². The second kappa shape index (κ2) is 7.26. The second-order valence-electron chi connectivity index (χ2n) is 8.31. The van der Waals surface area contributed by atoms with Gasteiger partial charge in [0.2, 0.25) is 5.91 Å². The normalized spacial score (nSPS) is 25.2. The van der Waals surface area contributed by atoms with Gasteiger partial charge in [0, 0.05) is 51.5 Å². The summed E-state index contributed by atoms with van der Waals surface area (Å²) in [5.41, 5.74) is 1.18. The van der Waals surface area contributed by atoms with Crippen molar-refractivity contribution in [2.45, 2.75) is 51.5 Å². The Morgan fingerprint density at radius 3 is 2.44 bits per heavy atom. The molecule has 1 spiro atoms. The predicted molar refractivity (Wildman–Crippen MR) is 100 cm³/mol. The van der Waals surface area contributed by atoms with Crippen LogP contribution in [0.15, 0.2) is 6.20 Å². The fourth-order valence-electron chi connectivity index (χ4n) is 5.19. The Morgan fingerprint density at radius 2 is 1.81 bits per heavy atom. The molecule has 27 heavy (non-hydrogen) atoms. The minimum absolute atomic E-state index is 0.0521. The minimum atomic E-state index is -0.375. The number of ether oxygens (including phenoxy) is 1. The summed E-state index contributed by atoms with van der Waals surface area (Å²) in [6, 6.07) is -0.375. The Hall–Kier alpha value is -1.89. The van der Waals surface area contributed by atoms with E-state index < -0.39 is 0 Å². The first kappa shape index (κ1) is 18.5. The van der Waals surface area contributed by atoms with Crippen molar-refractivity contribution in [3.8, 4) is 0 Å². The molecule has 3 aliphatic rings. The van der Waals surface area contributed by atoms with E-state index in [0.717, 1.165) is 57.3 Å². The summed E-state index contributed by atoms with van der Waals surface area (Å²) in [5.74, 6) is 0.0905. The van der Waals surface area contributed by atoms with Crippen LogP contribution in [-0.4, -0.2) is 70.3 Å². The van der Waals surface area contributed by atoms with Gasteiger partial charge in [-0.3, -0.25) is 14.3 Å². The van der Waals surface area contributed by atoms with E-state index in [1.54, 1.807) is 10.9 Å². The molecule has 3 aliphatic heterocycles. The highest BCUT2D eigenvalue weighted by Gasteiger charge is 2.52. The fourth-order valence-corrected chi connectivity index (χ4v) is 5.19. The Kier molecular flexibility index (Phi) is 4.97. The summed E-state index contributed by atoms with van der Waals surface area (Å²) in [4.78, 5) is 30.9. The Morgan fingerprint density at radius 1 is 1.11 bits per heavy atom. The van der Waals surface area contributed by atoms with Crippen molar-refractivity contribution < 1.29 is 14.3 Å². The van der Waals surface area contributed by atoms with E-state index >= 15 is 0 Å². The largest absolute Gasteiger partial charge is 0.381 e. The molecule has 0 saturated carbocycles. The maximum absolute atomic E-state index is 13.6. The molecule has 0 aromatic carbocycles. The van der Waals surface area contributed by atoms with Gasteiger partial charge in [0.1, 0.15) is 6.04 Å². The van der Waals surface area contributed by atoms with Crippen LogP contribution in [0.25, 0.3) is 0 Å². The monoisotopic (exact) mass is 374 g/mol. The van der Waals surface area contributed by atoms with E-state index in [4.69, 9.17) is 4.74 Å². The number of hydrogen-bond acceptors (Lipinski definition) is 4. The number of likely N-dealkylation sites (tertiary alicyclic amines) is 2. The number of hydrogen-bond donors (Lipinski definition) is 0. The third kappa shape index (κ3) is 3.26. The molecular formula is C20H30N4O3. The van der Waals surface area contributed by atoms with Crippen molar-refractivity contribution in [3.63, 3.8) is 0 Å². The average Bonchev–Trinajstić information content (AvgIpc) is 3.31. The molecule has 3 saturated heterocycles. The molecule has 148 valence electrons. The van der Waals surface area contributed by atoms with Crippen LogP contribution in [0.2, 0.25) is 0 Å². The van der Waals surface area contributed by atoms with Crippen LogP contribution in [0.3, 0.4) is 0 Å². The van der Waals surface area contributed by atoms with Crippen LogP contribution in [-0.2, 0) is 16.6 Å². The van der Waals surface area contributed by atoms with Crippen molar-refractivity contribution in [2.75, 3.05) is 32.8 Å². The van der Waals surface area contributed by atoms with Gasteiger partial charge in [-0.2, -0.15) is 5.10 Å². The molecule has 1 aromatic heterocycles. The van der Waals surface area contributed by atoms with Gasteiger partial charge in [-0.1, -0.05) is 0 Å². The molecule has 2 amide bonds. The highest BCUT2D eigenvalue weighted by molar-refractivity contribution is 5.98. The number of carbonyl (C=O) groups excluding carboxylic acids is 2. The third-order valence-corrected chi connectivity index (χ3v) is 6.61. The molecular weight excluding hydrogens is 344 g/mol. The highest BCUT2D eigenvalue weighted by Crippen LogP contribution is 2.45. The van der Waals surface area contributed by atoms with E-state index in [2.05, 4.69) is 5.10 Å². The van der Waals surface area contributed by atoms with E-state index in [-0.39, 0.29) is 23.3 Å². The standard InChI is InChI=1S/C20H30N4O3/c1-15-16(14-22(2)21-15)18(25)24-11-5-6-20(7-12-27-13-8-20)17(24)19(26)23-9-3-4-10-23/h14,17H,3-13H2,1-2H3. The van der Waals surface area contributed by atoms with Gasteiger partial charge in [-0.25, -0.2) is 0 Å². The zero-order valence-corrected chi connectivity index (χ0v) is 16.4. The lowest BCUT2D eigenvalue weighted by Crippen LogP contribution is -2.62. The number of piperidine rings is 1. The van der Waals surface area contributed by atoms with Crippen LogP contribution in [0.1, 0.15) is 54.6 Å². The molecule has 3 fully saturated rings. The van der Waals surface area contributed by atoms with Crippen LogP contribution < -0.4 is 0 Å². The summed E-state index contributed by atoms with van der Waals surface area (Å²) in [5, 5.41) is 4.33. The first-order valence-corrected chi connectivity index (χ1v) is 10.2. The maximum Gasteiger partial charge on any atom is 0.258 e. The average molecular weight is 374 g/mol. The Balaban J connectivity index is 1.70. The quantitative estimate of drug-likeness (QED) is 0.791. The van der Waals surface area contributed by atoms with Crippen LogP contribution >= 0.6 is 0 Å². The third-order valence-electron chi connectivity index (χ3n) is 6.61. The lowest BCUT2D eigenvalue weighted by atomic mass is 9.67. The molecule has 0 bridgehead atoms. The van der Waals surface area contributed by atoms with Crippen molar-refractivity contribution in [1.82, 2.24) is 19.6 Å². The summed E-state index contributed by atoms with van der Waals surface area (Å²) in [7, 11) is 1.83. The van der Waals surface area contributed by atoms with Crippen LogP contribution in [0.5, 0.6) is 0 Å². The number of aromatic nitrogens is 2. The summed E-state index contributed by atoms with van der Waals surface area (Å²) < 4.78 is 7.29. The number of carbonyl (C=O) groups is 2. The molecule has 1 atom stereocenters. The van der Waals surface area contributed by atoms with Gasteiger partial charge in [0.15, 0.2) is 0 Å². The summed E-state index contributed by atoms with van der Waals surface area (Å²) in [6.45, 7) is 5.49. The van der Waals surface area contributed by atoms with Gasteiger partial charge < -0.3 is 14.5 Å². The molecule has 7 heteroatoms. The zero-order valence-electron chi connectivity index (χ0n) is 16.4. The first-order chi connectivity index (χ1) is 13.0. The lowest BCUT2D eigenvalue weighted by molar-refractivity contribution is -0.147. The van der Waals surface area contributed by atoms with Crippen molar-refractivity contribution in [1.29, 1.82) is 0 Å². The van der Waals surface area contributed by atoms with E-state index in [1.165, 1.54) is 0 Å². The smallest absolute Gasteiger partial charge is 0.258 e. The Labute approximate surface area is 160 Å². The first-order valence-electron chi connectivity index (χ1n) is 10.2. The molecule has 0 radical (unpaired) electrons.